The van der Waals surface area contributed by atoms with E-state index in [9.17, 15) is 0 Å². The van der Waals surface area contributed by atoms with Gasteiger partial charge in [-0.2, -0.15) is 0 Å². The molecule has 0 bridgehead atoms. The average molecular weight is 317 g/mol. The maximum absolute atomic E-state index is 4.66. The van der Waals surface area contributed by atoms with Crippen molar-refractivity contribution < 1.29 is 0 Å². The van der Waals surface area contributed by atoms with E-state index in [0.717, 1.165) is 40.1 Å². The largest absolute Gasteiger partial charge is 0.230 e. The van der Waals surface area contributed by atoms with Crippen LogP contribution in [0.3, 0.4) is 0 Å². The fourth-order valence-corrected chi connectivity index (χ4v) is 3.67. The second kappa shape index (κ2) is 6.82. The van der Waals surface area contributed by atoms with Gasteiger partial charge < -0.3 is 0 Å². The Bertz CT molecular complexity index is 692. The van der Waals surface area contributed by atoms with Crippen LogP contribution in [0.2, 0.25) is 0 Å². The van der Waals surface area contributed by atoms with Crippen molar-refractivity contribution in [3.8, 4) is 11.3 Å². The molecule has 1 aromatic carbocycles. The molecule has 0 aliphatic rings. The highest BCUT2D eigenvalue weighted by Crippen LogP contribution is 2.29. The molecule has 0 unspecified atom stereocenters. The zero-order chi connectivity index (χ0) is 14.5. The van der Waals surface area contributed by atoms with Crippen molar-refractivity contribution in [2.45, 2.75) is 30.0 Å². The number of tetrazole rings is 1. The highest BCUT2D eigenvalue weighted by atomic mass is 32.2. The topological polar surface area (TPSA) is 56.5 Å². The van der Waals surface area contributed by atoms with Gasteiger partial charge in [0.25, 0.3) is 0 Å². The van der Waals surface area contributed by atoms with E-state index in [1.54, 1.807) is 23.1 Å². The molecule has 7 heteroatoms. The minimum atomic E-state index is 0.745. The summed E-state index contributed by atoms with van der Waals surface area (Å²) in [6, 6.07) is 10.2. The van der Waals surface area contributed by atoms with Crippen LogP contribution in [-0.4, -0.2) is 25.2 Å². The summed E-state index contributed by atoms with van der Waals surface area (Å²) in [6.45, 7) is 2.97. The third-order valence-electron chi connectivity index (χ3n) is 2.92. The van der Waals surface area contributed by atoms with E-state index in [4.69, 9.17) is 0 Å². The van der Waals surface area contributed by atoms with Crippen molar-refractivity contribution in [1.29, 1.82) is 0 Å². The number of nitrogens with zero attached hydrogens (tertiary/aromatic N) is 5. The number of hydrogen-bond acceptors (Lipinski definition) is 6. The van der Waals surface area contributed by atoms with E-state index >= 15 is 0 Å². The Hall–Kier alpha value is -1.73. The van der Waals surface area contributed by atoms with Crippen molar-refractivity contribution in [3.63, 3.8) is 0 Å². The number of thioether (sulfide) groups is 1. The number of benzene rings is 1. The molecule has 0 aliphatic heterocycles. The minimum Gasteiger partial charge on any atom is -0.230 e. The van der Waals surface area contributed by atoms with Crippen LogP contribution in [-0.2, 0) is 12.3 Å². The normalized spacial score (nSPS) is 10.9. The van der Waals surface area contributed by atoms with Crippen molar-refractivity contribution in [2.24, 2.45) is 0 Å². The summed E-state index contributed by atoms with van der Waals surface area (Å²) in [4.78, 5) is 4.66. The van der Waals surface area contributed by atoms with Gasteiger partial charge in [0.15, 0.2) is 10.2 Å². The quantitative estimate of drug-likeness (QED) is 0.651. The van der Waals surface area contributed by atoms with Crippen LogP contribution in [0, 0.1) is 0 Å². The first-order valence-electron chi connectivity index (χ1n) is 6.75. The van der Waals surface area contributed by atoms with E-state index < -0.39 is 0 Å². The fraction of sp³-hybridized carbons (Fsp3) is 0.286. The van der Waals surface area contributed by atoms with E-state index in [-0.39, 0.29) is 0 Å². The SMILES string of the molecule is CCCn1nnnc1CSc1nc(-c2ccccc2)cs1. The van der Waals surface area contributed by atoms with Crippen LogP contribution >= 0.6 is 23.1 Å². The number of aromatic nitrogens is 5. The summed E-state index contributed by atoms with van der Waals surface area (Å²) in [5.41, 5.74) is 2.17. The summed E-state index contributed by atoms with van der Waals surface area (Å²) in [5, 5.41) is 13.9. The summed E-state index contributed by atoms with van der Waals surface area (Å²) >= 11 is 3.34. The van der Waals surface area contributed by atoms with Gasteiger partial charge in [-0.3, -0.25) is 0 Å². The number of hydrogen-bond donors (Lipinski definition) is 0. The van der Waals surface area contributed by atoms with Crippen molar-refractivity contribution >= 4 is 23.1 Å². The number of rotatable bonds is 6. The molecule has 0 amide bonds. The van der Waals surface area contributed by atoms with Gasteiger partial charge >= 0.3 is 0 Å². The molecule has 108 valence electrons. The molecule has 0 aliphatic carbocycles. The van der Waals surface area contributed by atoms with Crippen LogP contribution in [0.5, 0.6) is 0 Å². The molecule has 21 heavy (non-hydrogen) atoms. The lowest BCUT2D eigenvalue weighted by Crippen LogP contribution is -2.04. The smallest absolute Gasteiger partial charge is 0.161 e. The van der Waals surface area contributed by atoms with Crippen LogP contribution in [0.1, 0.15) is 19.2 Å². The second-order valence-electron chi connectivity index (χ2n) is 4.47. The molecule has 0 spiro atoms. The third-order valence-corrected chi connectivity index (χ3v) is 4.94. The van der Waals surface area contributed by atoms with Gasteiger partial charge in [0.2, 0.25) is 0 Å². The fourth-order valence-electron chi connectivity index (χ4n) is 1.90. The molecule has 5 nitrogen and oxygen atoms in total. The first-order valence-corrected chi connectivity index (χ1v) is 8.62. The molecule has 3 aromatic rings. The monoisotopic (exact) mass is 317 g/mol. The Morgan fingerprint density at radius 3 is 2.90 bits per heavy atom. The molecule has 0 saturated heterocycles. The number of thiazole rings is 1. The summed E-state index contributed by atoms with van der Waals surface area (Å²) in [6.07, 6.45) is 1.03. The Labute approximate surface area is 131 Å². The van der Waals surface area contributed by atoms with Crippen molar-refractivity contribution in [2.75, 3.05) is 0 Å². The molecule has 0 saturated carbocycles. The van der Waals surface area contributed by atoms with Crippen LogP contribution in [0.15, 0.2) is 40.1 Å². The Morgan fingerprint density at radius 2 is 2.10 bits per heavy atom. The lowest BCUT2D eigenvalue weighted by molar-refractivity contribution is 0.564. The third kappa shape index (κ3) is 3.48. The predicted octanol–water partition coefficient (Wildman–Crippen LogP) is 3.50. The molecular weight excluding hydrogens is 302 g/mol. The molecule has 0 N–H and O–H groups in total. The van der Waals surface area contributed by atoms with E-state index in [2.05, 4.69) is 44.9 Å². The van der Waals surface area contributed by atoms with Gasteiger partial charge in [0, 0.05) is 17.5 Å². The maximum atomic E-state index is 4.66. The molecule has 0 atom stereocenters. The zero-order valence-electron chi connectivity index (χ0n) is 11.6. The highest BCUT2D eigenvalue weighted by Gasteiger charge is 2.09. The first kappa shape index (κ1) is 14.2. The molecule has 0 radical (unpaired) electrons. The Balaban J connectivity index is 1.66. The van der Waals surface area contributed by atoms with Gasteiger partial charge in [-0.15, -0.1) is 16.4 Å². The predicted molar refractivity (Wildman–Crippen MR) is 85.2 cm³/mol. The van der Waals surface area contributed by atoms with Gasteiger partial charge in [0.05, 0.1) is 11.4 Å². The van der Waals surface area contributed by atoms with Crippen LogP contribution in [0.25, 0.3) is 11.3 Å². The number of aryl methyl sites for hydroxylation is 1. The van der Waals surface area contributed by atoms with Gasteiger partial charge in [-0.1, -0.05) is 49.0 Å². The van der Waals surface area contributed by atoms with E-state index in [1.165, 1.54) is 0 Å². The highest BCUT2D eigenvalue weighted by molar-refractivity contribution is 8.00. The summed E-state index contributed by atoms with van der Waals surface area (Å²) in [7, 11) is 0. The summed E-state index contributed by atoms with van der Waals surface area (Å²) < 4.78 is 2.90. The molecule has 2 heterocycles. The van der Waals surface area contributed by atoms with E-state index in [1.807, 2.05) is 22.9 Å². The maximum Gasteiger partial charge on any atom is 0.161 e. The van der Waals surface area contributed by atoms with Crippen molar-refractivity contribution in [3.05, 3.63) is 41.5 Å². The Morgan fingerprint density at radius 1 is 1.24 bits per heavy atom. The van der Waals surface area contributed by atoms with Crippen molar-refractivity contribution in [1.82, 2.24) is 25.2 Å². The molecule has 0 fully saturated rings. The van der Waals surface area contributed by atoms with Gasteiger partial charge in [0.1, 0.15) is 0 Å². The first-order chi connectivity index (χ1) is 10.4. The van der Waals surface area contributed by atoms with Crippen LogP contribution < -0.4 is 0 Å². The lowest BCUT2D eigenvalue weighted by atomic mass is 10.2. The van der Waals surface area contributed by atoms with Crippen LogP contribution in [0.4, 0.5) is 0 Å². The average Bonchev–Trinajstić information content (AvgIpc) is 3.16. The molecule has 2 aromatic heterocycles. The second-order valence-corrected chi connectivity index (χ2v) is 6.55. The van der Waals surface area contributed by atoms with Gasteiger partial charge in [-0.05, 0) is 16.8 Å². The van der Waals surface area contributed by atoms with Gasteiger partial charge in [-0.25, -0.2) is 9.67 Å². The minimum absolute atomic E-state index is 0.745. The standard InChI is InChI=1S/C14H15N5S2/c1-2-8-19-13(16-17-18-19)10-21-14-15-12(9-20-14)11-6-4-3-5-7-11/h3-7,9H,2,8,10H2,1H3. The molecular formula is C14H15N5S2. The lowest BCUT2D eigenvalue weighted by Gasteiger charge is -2.00. The zero-order valence-corrected chi connectivity index (χ0v) is 13.3. The summed E-state index contributed by atoms with van der Waals surface area (Å²) in [5.74, 6) is 1.65. The molecule has 3 rings (SSSR count). The Kier molecular flexibility index (Phi) is 4.62. The van der Waals surface area contributed by atoms with E-state index in [0.29, 0.717) is 0 Å².